The van der Waals surface area contributed by atoms with E-state index in [1.807, 2.05) is 11.0 Å². The predicted octanol–water partition coefficient (Wildman–Crippen LogP) is 3.32. The molecule has 1 amide bonds. The van der Waals surface area contributed by atoms with Gasteiger partial charge in [-0.3, -0.25) is 4.79 Å². The summed E-state index contributed by atoms with van der Waals surface area (Å²) in [5.74, 6) is 0.0683. The van der Waals surface area contributed by atoms with Crippen LogP contribution >= 0.6 is 27.5 Å². The summed E-state index contributed by atoms with van der Waals surface area (Å²) in [7, 11) is 0. The Bertz CT molecular complexity index is 441. The highest BCUT2D eigenvalue weighted by Gasteiger charge is 2.26. The summed E-state index contributed by atoms with van der Waals surface area (Å²) >= 11 is 9.41. The van der Waals surface area contributed by atoms with Gasteiger partial charge in [-0.1, -0.05) is 34.5 Å². The van der Waals surface area contributed by atoms with Crippen molar-refractivity contribution in [1.82, 2.24) is 10.2 Å². The zero-order valence-corrected chi connectivity index (χ0v) is 13.3. The van der Waals surface area contributed by atoms with Crippen LogP contribution in [0.2, 0.25) is 5.02 Å². The number of nitrogens with one attached hydrogen (secondary N) is 1. The van der Waals surface area contributed by atoms with Crippen LogP contribution < -0.4 is 5.32 Å². The first kappa shape index (κ1) is 14.8. The summed E-state index contributed by atoms with van der Waals surface area (Å²) in [5.41, 5.74) is 0.653. The minimum atomic E-state index is 0.0683. The molecule has 1 unspecified atom stereocenters. The van der Waals surface area contributed by atoms with Gasteiger partial charge in [-0.05, 0) is 37.6 Å². The van der Waals surface area contributed by atoms with E-state index in [1.165, 1.54) is 0 Å². The lowest BCUT2D eigenvalue weighted by molar-refractivity contribution is 0.0692. The average molecular weight is 346 g/mol. The molecule has 0 saturated carbocycles. The molecule has 1 heterocycles. The Hall–Kier alpha value is -0.580. The smallest absolute Gasteiger partial charge is 0.254 e. The zero-order valence-electron chi connectivity index (χ0n) is 11.0. The van der Waals surface area contributed by atoms with E-state index in [2.05, 4.69) is 28.2 Å². The van der Waals surface area contributed by atoms with Crippen LogP contribution in [0.15, 0.2) is 22.7 Å². The standard InChI is InChI=1S/C14H18BrClN2O/c1-2-5-18(13-3-4-17-9-13)14(19)10-6-11(15)8-12(16)7-10/h6-8,13,17H,2-5,9H2,1H3. The fourth-order valence-corrected chi connectivity index (χ4v) is 3.30. The lowest BCUT2D eigenvalue weighted by atomic mass is 10.1. The lowest BCUT2D eigenvalue weighted by Crippen LogP contribution is -2.42. The second-order valence-electron chi connectivity index (χ2n) is 4.80. The second-order valence-corrected chi connectivity index (χ2v) is 6.16. The van der Waals surface area contributed by atoms with Crippen LogP contribution in [0.5, 0.6) is 0 Å². The maximum atomic E-state index is 12.6. The Morgan fingerprint density at radius 1 is 1.53 bits per heavy atom. The van der Waals surface area contributed by atoms with Crippen molar-refractivity contribution in [3.05, 3.63) is 33.3 Å². The Kier molecular flexibility index (Phi) is 5.25. The van der Waals surface area contributed by atoms with E-state index < -0.39 is 0 Å². The van der Waals surface area contributed by atoms with Crippen LogP contribution in [0.4, 0.5) is 0 Å². The molecule has 1 atom stereocenters. The van der Waals surface area contributed by atoms with Crippen molar-refractivity contribution in [3.8, 4) is 0 Å². The predicted molar refractivity (Wildman–Crippen MR) is 81.8 cm³/mol. The molecule has 0 aromatic heterocycles. The SMILES string of the molecule is CCCN(C(=O)c1cc(Cl)cc(Br)c1)C1CCNC1. The van der Waals surface area contributed by atoms with Crippen molar-refractivity contribution in [2.24, 2.45) is 0 Å². The van der Waals surface area contributed by atoms with Gasteiger partial charge in [0.1, 0.15) is 0 Å². The van der Waals surface area contributed by atoms with Crippen molar-refractivity contribution in [3.63, 3.8) is 0 Å². The molecule has 1 aromatic carbocycles. The topological polar surface area (TPSA) is 32.3 Å². The summed E-state index contributed by atoms with van der Waals surface area (Å²) in [5, 5.41) is 3.89. The monoisotopic (exact) mass is 344 g/mol. The fraction of sp³-hybridized carbons (Fsp3) is 0.500. The highest BCUT2D eigenvalue weighted by atomic mass is 79.9. The molecule has 1 saturated heterocycles. The van der Waals surface area contributed by atoms with Crippen molar-refractivity contribution in [1.29, 1.82) is 0 Å². The van der Waals surface area contributed by atoms with E-state index in [-0.39, 0.29) is 5.91 Å². The van der Waals surface area contributed by atoms with E-state index >= 15 is 0 Å². The van der Waals surface area contributed by atoms with E-state index in [0.29, 0.717) is 16.6 Å². The van der Waals surface area contributed by atoms with Gasteiger partial charge in [-0.2, -0.15) is 0 Å². The highest BCUT2D eigenvalue weighted by Crippen LogP contribution is 2.22. The maximum Gasteiger partial charge on any atom is 0.254 e. The molecule has 0 aliphatic carbocycles. The summed E-state index contributed by atoms with van der Waals surface area (Å²) < 4.78 is 0.837. The Morgan fingerprint density at radius 3 is 2.89 bits per heavy atom. The molecule has 2 rings (SSSR count). The van der Waals surface area contributed by atoms with Crippen LogP contribution in [0.25, 0.3) is 0 Å². The quantitative estimate of drug-likeness (QED) is 0.908. The number of hydrogen-bond acceptors (Lipinski definition) is 2. The third kappa shape index (κ3) is 3.71. The molecule has 3 nitrogen and oxygen atoms in total. The normalized spacial score (nSPS) is 18.6. The fourth-order valence-electron chi connectivity index (χ4n) is 2.44. The molecule has 1 N–H and O–H groups in total. The van der Waals surface area contributed by atoms with Crippen molar-refractivity contribution < 1.29 is 4.79 Å². The molecule has 0 spiro atoms. The number of carbonyl (C=O) groups is 1. The largest absolute Gasteiger partial charge is 0.334 e. The Labute approximate surface area is 127 Å². The van der Waals surface area contributed by atoms with Gasteiger partial charge in [-0.15, -0.1) is 0 Å². The van der Waals surface area contributed by atoms with E-state index in [4.69, 9.17) is 11.6 Å². The highest BCUT2D eigenvalue weighted by molar-refractivity contribution is 9.10. The third-order valence-electron chi connectivity index (χ3n) is 3.31. The number of hydrogen-bond donors (Lipinski definition) is 1. The van der Waals surface area contributed by atoms with Crippen molar-refractivity contribution in [2.45, 2.75) is 25.8 Å². The number of amides is 1. The van der Waals surface area contributed by atoms with Gasteiger partial charge in [0.25, 0.3) is 5.91 Å². The molecule has 0 radical (unpaired) electrons. The first-order valence-corrected chi connectivity index (χ1v) is 7.76. The maximum absolute atomic E-state index is 12.6. The van der Waals surface area contributed by atoms with Gasteiger partial charge in [0.05, 0.1) is 0 Å². The van der Waals surface area contributed by atoms with Gasteiger partial charge >= 0.3 is 0 Å². The van der Waals surface area contributed by atoms with Gasteiger partial charge in [0, 0.05) is 34.2 Å². The number of halogens is 2. The van der Waals surface area contributed by atoms with Crippen LogP contribution in [-0.2, 0) is 0 Å². The number of carbonyl (C=O) groups excluding carboxylic acids is 1. The summed E-state index contributed by atoms with van der Waals surface area (Å²) in [4.78, 5) is 14.6. The second kappa shape index (κ2) is 6.73. The van der Waals surface area contributed by atoms with E-state index in [0.717, 1.165) is 36.9 Å². The van der Waals surface area contributed by atoms with Crippen LogP contribution in [-0.4, -0.2) is 36.5 Å². The van der Waals surface area contributed by atoms with Gasteiger partial charge in [0.2, 0.25) is 0 Å². The molecular formula is C14H18BrClN2O. The number of nitrogens with zero attached hydrogens (tertiary/aromatic N) is 1. The van der Waals surface area contributed by atoms with Crippen molar-refractivity contribution >= 4 is 33.4 Å². The summed E-state index contributed by atoms with van der Waals surface area (Å²) in [6, 6.07) is 5.66. The molecule has 1 aromatic rings. The minimum absolute atomic E-state index is 0.0683. The molecule has 104 valence electrons. The summed E-state index contributed by atoms with van der Waals surface area (Å²) in [6.45, 7) is 4.75. The first-order valence-electron chi connectivity index (χ1n) is 6.59. The van der Waals surface area contributed by atoms with Gasteiger partial charge in [0.15, 0.2) is 0 Å². The van der Waals surface area contributed by atoms with E-state index in [9.17, 15) is 4.79 Å². The minimum Gasteiger partial charge on any atom is -0.334 e. The average Bonchev–Trinajstić information content (AvgIpc) is 2.87. The molecule has 1 aliphatic rings. The number of benzene rings is 1. The van der Waals surface area contributed by atoms with Crippen molar-refractivity contribution in [2.75, 3.05) is 19.6 Å². The molecule has 19 heavy (non-hydrogen) atoms. The molecule has 5 heteroatoms. The molecule has 0 bridgehead atoms. The Morgan fingerprint density at radius 2 is 2.32 bits per heavy atom. The Balaban J connectivity index is 2.22. The first-order chi connectivity index (χ1) is 9.11. The zero-order chi connectivity index (χ0) is 13.8. The lowest BCUT2D eigenvalue weighted by Gasteiger charge is -2.28. The van der Waals surface area contributed by atoms with Gasteiger partial charge < -0.3 is 10.2 Å². The third-order valence-corrected chi connectivity index (χ3v) is 3.99. The van der Waals surface area contributed by atoms with Crippen LogP contribution in [0, 0.1) is 0 Å². The van der Waals surface area contributed by atoms with Gasteiger partial charge in [-0.25, -0.2) is 0 Å². The van der Waals surface area contributed by atoms with Crippen LogP contribution in [0.1, 0.15) is 30.1 Å². The summed E-state index contributed by atoms with van der Waals surface area (Å²) in [6.07, 6.45) is 1.98. The molecular weight excluding hydrogens is 328 g/mol. The van der Waals surface area contributed by atoms with Crippen LogP contribution in [0.3, 0.4) is 0 Å². The van der Waals surface area contributed by atoms with E-state index in [1.54, 1.807) is 12.1 Å². The molecule has 1 aliphatic heterocycles. The number of rotatable bonds is 4. The molecule has 1 fully saturated rings.